The Labute approximate surface area is 144 Å². The SMILES string of the molecule is CC1CNc2cc(Cl)c(Cl)cc2-n2c(-c3ccccc3)nnc21. The minimum Gasteiger partial charge on any atom is -0.383 e. The van der Waals surface area contributed by atoms with E-state index >= 15 is 0 Å². The zero-order valence-corrected chi connectivity index (χ0v) is 13.9. The van der Waals surface area contributed by atoms with Crippen molar-refractivity contribution >= 4 is 28.9 Å². The van der Waals surface area contributed by atoms with Gasteiger partial charge in [0, 0.05) is 18.0 Å². The minimum absolute atomic E-state index is 0.213. The number of rotatable bonds is 1. The molecule has 0 bridgehead atoms. The summed E-state index contributed by atoms with van der Waals surface area (Å²) in [7, 11) is 0. The Balaban J connectivity index is 2.02. The first-order valence-electron chi connectivity index (χ1n) is 7.39. The number of aromatic nitrogens is 3. The molecule has 0 fully saturated rings. The Kier molecular flexibility index (Phi) is 3.51. The lowest BCUT2D eigenvalue weighted by Gasteiger charge is -2.13. The molecule has 116 valence electrons. The first kappa shape index (κ1) is 14.5. The van der Waals surface area contributed by atoms with Gasteiger partial charge in [-0.3, -0.25) is 4.57 Å². The molecule has 0 saturated heterocycles. The normalized spacial score (nSPS) is 16.2. The van der Waals surface area contributed by atoms with Gasteiger partial charge in [-0.2, -0.15) is 0 Å². The molecule has 0 radical (unpaired) electrons. The summed E-state index contributed by atoms with van der Waals surface area (Å²) < 4.78 is 2.07. The van der Waals surface area contributed by atoms with Crippen molar-refractivity contribution < 1.29 is 0 Å². The maximum atomic E-state index is 6.25. The molecule has 1 atom stereocenters. The van der Waals surface area contributed by atoms with Crippen LogP contribution in [0.2, 0.25) is 10.0 Å². The van der Waals surface area contributed by atoms with Crippen LogP contribution >= 0.6 is 23.2 Å². The predicted octanol–water partition coefficient (Wildman–Crippen LogP) is 4.77. The summed E-state index contributed by atoms with van der Waals surface area (Å²) in [5, 5.41) is 13.3. The summed E-state index contributed by atoms with van der Waals surface area (Å²) in [5.74, 6) is 1.93. The molecule has 4 nitrogen and oxygen atoms in total. The summed E-state index contributed by atoms with van der Waals surface area (Å²) in [4.78, 5) is 0. The highest BCUT2D eigenvalue weighted by molar-refractivity contribution is 6.42. The van der Waals surface area contributed by atoms with E-state index in [2.05, 4.69) is 27.0 Å². The largest absolute Gasteiger partial charge is 0.383 e. The van der Waals surface area contributed by atoms with Crippen molar-refractivity contribution in [2.45, 2.75) is 12.8 Å². The Hall–Kier alpha value is -2.04. The van der Waals surface area contributed by atoms with Crippen molar-refractivity contribution in [1.29, 1.82) is 0 Å². The Bertz CT molecular complexity index is 874. The number of nitrogens with zero attached hydrogens (tertiary/aromatic N) is 3. The molecule has 4 rings (SSSR count). The summed E-state index contributed by atoms with van der Waals surface area (Å²) in [6, 6.07) is 13.7. The van der Waals surface area contributed by atoms with Crippen LogP contribution in [-0.4, -0.2) is 21.3 Å². The fourth-order valence-electron chi connectivity index (χ4n) is 2.84. The van der Waals surface area contributed by atoms with Crippen LogP contribution in [0.15, 0.2) is 42.5 Å². The van der Waals surface area contributed by atoms with Crippen LogP contribution in [0.1, 0.15) is 18.7 Å². The van der Waals surface area contributed by atoms with E-state index in [0.717, 1.165) is 35.1 Å². The molecular formula is C17H14Cl2N4. The summed E-state index contributed by atoms with van der Waals surface area (Å²) in [6.07, 6.45) is 0. The van der Waals surface area contributed by atoms with E-state index in [1.54, 1.807) is 0 Å². The standard InChI is InChI=1S/C17H14Cl2N4/c1-10-9-20-14-7-12(18)13(19)8-15(14)23-16(10)21-22-17(23)11-5-3-2-4-6-11/h2-8,10,20H,9H2,1H3. The molecule has 6 heteroatoms. The van der Waals surface area contributed by atoms with Gasteiger partial charge in [-0.05, 0) is 12.1 Å². The average molecular weight is 345 g/mol. The molecule has 1 aliphatic rings. The lowest BCUT2D eigenvalue weighted by Crippen LogP contribution is -2.09. The number of hydrogen-bond acceptors (Lipinski definition) is 3. The van der Waals surface area contributed by atoms with Gasteiger partial charge in [0.1, 0.15) is 5.82 Å². The molecule has 0 aliphatic carbocycles. The molecule has 1 aliphatic heterocycles. The fraction of sp³-hybridized carbons (Fsp3) is 0.176. The van der Waals surface area contributed by atoms with E-state index in [9.17, 15) is 0 Å². The number of halogens is 2. The van der Waals surface area contributed by atoms with Gasteiger partial charge in [-0.25, -0.2) is 0 Å². The van der Waals surface area contributed by atoms with E-state index in [4.69, 9.17) is 23.2 Å². The first-order valence-corrected chi connectivity index (χ1v) is 8.15. The maximum absolute atomic E-state index is 6.25. The zero-order valence-electron chi connectivity index (χ0n) is 12.4. The van der Waals surface area contributed by atoms with Gasteiger partial charge < -0.3 is 5.32 Å². The van der Waals surface area contributed by atoms with Gasteiger partial charge >= 0.3 is 0 Å². The van der Waals surface area contributed by atoms with Crippen molar-refractivity contribution in [2.24, 2.45) is 0 Å². The third-order valence-electron chi connectivity index (χ3n) is 4.04. The van der Waals surface area contributed by atoms with Crippen LogP contribution in [0.4, 0.5) is 5.69 Å². The molecule has 1 aromatic heterocycles. The topological polar surface area (TPSA) is 42.7 Å². The molecule has 3 aromatic rings. The third kappa shape index (κ3) is 2.38. The molecule has 2 heterocycles. The fourth-order valence-corrected chi connectivity index (χ4v) is 3.17. The van der Waals surface area contributed by atoms with Gasteiger partial charge in [-0.1, -0.05) is 60.5 Å². The predicted molar refractivity (Wildman–Crippen MR) is 93.7 cm³/mol. The van der Waals surface area contributed by atoms with E-state index in [-0.39, 0.29) is 5.92 Å². The smallest absolute Gasteiger partial charge is 0.168 e. The summed E-state index contributed by atoms with van der Waals surface area (Å²) in [5.41, 5.74) is 2.86. The minimum atomic E-state index is 0.213. The van der Waals surface area contributed by atoms with Gasteiger partial charge in [0.05, 0.1) is 21.4 Å². The second-order valence-electron chi connectivity index (χ2n) is 5.65. The van der Waals surface area contributed by atoms with Crippen LogP contribution in [0.3, 0.4) is 0 Å². The van der Waals surface area contributed by atoms with Crippen molar-refractivity contribution in [3.63, 3.8) is 0 Å². The van der Waals surface area contributed by atoms with Gasteiger partial charge in [0.2, 0.25) is 0 Å². The van der Waals surface area contributed by atoms with Crippen LogP contribution < -0.4 is 5.32 Å². The number of benzene rings is 2. The quantitative estimate of drug-likeness (QED) is 0.691. The van der Waals surface area contributed by atoms with Crippen molar-refractivity contribution in [3.05, 3.63) is 58.3 Å². The van der Waals surface area contributed by atoms with Crippen molar-refractivity contribution in [3.8, 4) is 17.1 Å². The van der Waals surface area contributed by atoms with Gasteiger partial charge in [0.25, 0.3) is 0 Å². The van der Waals surface area contributed by atoms with E-state index in [0.29, 0.717) is 10.0 Å². The van der Waals surface area contributed by atoms with Crippen molar-refractivity contribution in [1.82, 2.24) is 14.8 Å². The molecule has 0 amide bonds. The van der Waals surface area contributed by atoms with Crippen LogP contribution in [0, 0.1) is 0 Å². The number of nitrogens with one attached hydrogen (secondary N) is 1. The van der Waals surface area contributed by atoms with Gasteiger partial charge in [0.15, 0.2) is 5.82 Å². The van der Waals surface area contributed by atoms with Crippen molar-refractivity contribution in [2.75, 3.05) is 11.9 Å². The Morgan fingerprint density at radius 3 is 2.61 bits per heavy atom. The van der Waals surface area contributed by atoms with E-state index < -0.39 is 0 Å². The number of hydrogen-bond donors (Lipinski definition) is 1. The van der Waals surface area contributed by atoms with E-state index in [1.165, 1.54) is 0 Å². The summed E-state index contributed by atoms with van der Waals surface area (Å²) >= 11 is 12.4. The van der Waals surface area contributed by atoms with Crippen LogP contribution in [0.5, 0.6) is 0 Å². The first-order chi connectivity index (χ1) is 11.1. The zero-order chi connectivity index (χ0) is 16.0. The van der Waals surface area contributed by atoms with E-state index in [1.807, 2.05) is 42.5 Å². The summed E-state index contributed by atoms with van der Waals surface area (Å²) in [6.45, 7) is 2.88. The van der Waals surface area contributed by atoms with Crippen LogP contribution in [0.25, 0.3) is 17.1 Å². The third-order valence-corrected chi connectivity index (χ3v) is 4.76. The molecule has 0 spiro atoms. The highest BCUT2D eigenvalue weighted by Crippen LogP contribution is 2.37. The average Bonchev–Trinajstić information content (AvgIpc) is 2.96. The number of fused-ring (bicyclic) bond motifs is 3. The molecule has 2 aromatic carbocycles. The lowest BCUT2D eigenvalue weighted by molar-refractivity contribution is 0.725. The highest BCUT2D eigenvalue weighted by atomic mass is 35.5. The molecular weight excluding hydrogens is 331 g/mol. The molecule has 23 heavy (non-hydrogen) atoms. The lowest BCUT2D eigenvalue weighted by atomic mass is 10.1. The molecule has 1 N–H and O–H groups in total. The maximum Gasteiger partial charge on any atom is 0.168 e. The second kappa shape index (κ2) is 5.55. The van der Waals surface area contributed by atoms with Crippen LogP contribution in [-0.2, 0) is 0 Å². The molecule has 1 unspecified atom stereocenters. The Morgan fingerprint density at radius 2 is 1.83 bits per heavy atom. The highest BCUT2D eigenvalue weighted by Gasteiger charge is 2.25. The monoisotopic (exact) mass is 344 g/mol. The Morgan fingerprint density at radius 1 is 1.09 bits per heavy atom. The second-order valence-corrected chi connectivity index (χ2v) is 6.46. The molecule has 0 saturated carbocycles. The van der Waals surface area contributed by atoms with Gasteiger partial charge in [-0.15, -0.1) is 10.2 Å². The number of anilines is 1.